The van der Waals surface area contributed by atoms with Gasteiger partial charge in [-0.05, 0) is 53.4 Å². The largest absolute Gasteiger partial charge is 0.493 e. The summed E-state index contributed by atoms with van der Waals surface area (Å²) in [6.45, 7) is 5.50. The van der Waals surface area contributed by atoms with Gasteiger partial charge in [-0.15, -0.1) is 10.2 Å². The number of halogens is 1. The van der Waals surface area contributed by atoms with Crippen LogP contribution in [-0.2, 0) is 20.2 Å². The number of carbonyl (C=O) groups is 1. The molecule has 0 bridgehead atoms. The summed E-state index contributed by atoms with van der Waals surface area (Å²) in [5.41, 5.74) is 1.79. The average molecular weight is 525 g/mol. The van der Waals surface area contributed by atoms with Gasteiger partial charge in [-0.25, -0.2) is 8.42 Å². The summed E-state index contributed by atoms with van der Waals surface area (Å²) in [6, 6.07) is 19.7. The van der Waals surface area contributed by atoms with Crippen molar-refractivity contribution in [2.75, 3.05) is 10.8 Å². The van der Waals surface area contributed by atoms with E-state index in [1.165, 1.54) is 36.4 Å². The van der Waals surface area contributed by atoms with Gasteiger partial charge in [0.05, 0.1) is 16.1 Å². The molecular formula is C26H25ClN4O4S. The number of aromatic hydroxyl groups is 1. The lowest BCUT2D eigenvalue weighted by atomic mass is 9.87. The summed E-state index contributed by atoms with van der Waals surface area (Å²) in [6.07, 6.45) is 0. The topological polar surface area (TPSA) is 115 Å². The molecule has 186 valence electrons. The second-order valence-corrected chi connectivity index (χ2v) is 11.5. The summed E-state index contributed by atoms with van der Waals surface area (Å²) in [4.78, 5) is 15.6. The monoisotopic (exact) mass is 524 g/mol. The van der Waals surface area contributed by atoms with Crippen LogP contribution in [0.5, 0.6) is 5.88 Å². The number of amides is 1. The van der Waals surface area contributed by atoms with E-state index in [1.54, 1.807) is 36.4 Å². The molecule has 4 rings (SSSR count). The first-order valence-electron chi connectivity index (χ1n) is 11.1. The minimum Gasteiger partial charge on any atom is -0.493 e. The molecule has 1 amide bonds. The Morgan fingerprint density at radius 1 is 1.00 bits per heavy atom. The minimum absolute atomic E-state index is 0.0319. The first-order valence-corrected chi connectivity index (χ1v) is 12.9. The van der Waals surface area contributed by atoms with E-state index in [9.17, 15) is 18.3 Å². The predicted molar refractivity (Wildman–Crippen MR) is 141 cm³/mol. The predicted octanol–water partition coefficient (Wildman–Crippen LogP) is 6.33. The maximum Gasteiger partial charge on any atom is 0.285 e. The van der Waals surface area contributed by atoms with Crippen LogP contribution in [0.3, 0.4) is 0 Å². The Hall–Kier alpha value is -3.69. The Bertz CT molecular complexity index is 1540. The van der Waals surface area contributed by atoms with Crippen molar-refractivity contribution in [3.63, 3.8) is 0 Å². The Labute approximate surface area is 214 Å². The van der Waals surface area contributed by atoms with Gasteiger partial charge < -0.3 is 10.1 Å². The maximum atomic E-state index is 13.6. The first kappa shape index (κ1) is 25.4. The molecule has 1 heterocycles. The Kier molecular flexibility index (Phi) is 6.88. The number of hydrogen-bond donors (Lipinski definition) is 2. The average Bonchev–Trinajstić information content (AvgIpc) is 3.16. The second kappa shape index (κ2) is 9.75. The molecule has 4 aromatic rings. The molecule has 0 aliphatic heterocycles. The van der Waals surface area contributed by atoms with Crippen LogP contribution in [-0.4, -0.2) is 31.0 Å². The van der Waals surface area contributed by atoms with E-state index >= 15 is 0 Å². The highest BCUT2D eigenvalue weighted by molar-refractivity contribution is 7.92. The third kappa shape index (κ3) is 5.27. The number of rotatable bonds is 6. The number of nitrogens with one attached hydrogen (secondary N) is 1. The van der Waals surface area contributed by atoms with Gasteiger partial charge in [0, 0.05) is 10.4 Å². The quantitative estimate of drug-likeness (QED) is 0.287. The lowest BCUT2D eigenvalue weighted by molar-refractivity contribution is -0.116. The van der Waals surface area contributed by atoms with E-state index in [2.05, 4.69) is 15.2 Å². The molecule has 3 aromatic carbocycles. The van der Waals surface area contributed by atoms with E-state index < -0.39 is 22.5 Å². The fourth-order valence-corrected chi connectivity index (χ4v) is 5.19. The number of hydrogen-bond acceptors (Lipinski definition) is 5. The number of para-hydroxylation sites is 1. The molecule has 0 unspecified atom stereocenters. The van der Waals surface area contributed by atoms with E-state index in [1.807, 2.05) is 20.8 Å². The Balaban J connectivity index is 1.67. The fraction of sp³-hybridized carbons (Fsp3) is 0.192. The molecule has 0 aliphatic carbocycles. The van der Waals surface area contributed by atoms with Crippen LogP contribution < -0.4 is 4.31 Å². The highest BCUT2D eigenvalue weighted by atomic mass is 35.5. The van der Waals surface area contributed by atoms with Crippen molar-refractivity contribution in [3.05, 3.63) is 83.4 Å². The lowest BCUT2D eigenvalue weighted by Gasteiger charge is -2.24. The van der Waals surface area contributed by atoms with Crippen LogP contribution >= 0.6 is 11.6 Å². The first-order chi connectivity index (χ1) is 17.0. The van der Waals surface area contributed by atoms with Crippen molar-refractivity contribution in [1.82, 2.24) is 4.98 Å². The molecule has 36 heavy (non-hydrogen) atoms. The summed E-state index contributed by atoms with van der Waals surface area (Å²) >= 11 is 5.99. The van der Waals surface area contributed by atoms with E-state index in [0.717, 1.165) is 9.87 Å². The second-order valence-electron chi connectivity index (χ2n) is 9.22. The van der Waals surface area contributed by atoms with Crippen LogP contribution in [0.15, 0.2) is 87.9 Å². The highest BCUT2D eigenvalue weighted by Crippen LogP contribution is 2.35. The number of aromatic amines is 1. The molecule has 0 radical (unpaired) electrons. The molecule has 0 saturated carbocycles. The van der Waals surface area contributed by atoms with Gasteiger partial charge in [0.2, 0.25) is 5.88 Å². The van der Waals surface area contributed by atoms with Crippen molar-refractivity contribution < 1.29 is 18.3 Å². The number of H-pyrrole nitrogens is 1. The van der Waals surface area contributed by atoms with Gasteiger partial charge in [-0.2, -0.15) is 0 Å². The minimum atomic E-state index is -4.13. The summed E-state index contributed by atoms with van der Waals surface area (Å²) < 4.78 is 28.2. The zero-order valence-corrected chi connectivity index (χ0v) is 21.5. The lowest BCUT2D eigenvalue weighted by Crippen LogP contribution is -2.35. The number of aromatic nitrogens is 1. The third-order valence-electron chi connectivity index (χ3n) is 5.62. The van der Waals surface area contributed by atoms with Crippen LogP contribution in [0.4, 0.5) is 11.4 Å². The van der Waals surface area contributed by atoms with Crippen molar-refractivity contribution in [1.29, 1.82) is 0 Å². The van der Waals surface area contributed by atoms with Crippen LogP contribution in [0, 0.1) is 0 Å². The van der Waals surface area contributed by atoms with Gasteiger partial charge in [0.1, 0.15) is 6.54 Å². The van der Waals surface area contributed by atoms with Gasteiger partial charge in [0.25, 0.3) is 15.9 Å². The molecule has 0 atom stereocenters. The normalized spacial score (nSPS) is 12.3. The van der Waals surface area contributed by atoms with Crippen LogP contribution in [0.2, 0.25) is 5.02 Å². The van der Waals surface area contributed by atoms with Crippen LogP contribution in [0.1, 0.15) is 26.3 Å². The van der Waals surface area contributed by atoms with E-state index in [0.29, 0.717) is 15.9 Å². The Morgan fingerprint density at radius 2 is 1.64 bits per heavy atom. The van der Waals surface area contributed by atoms with Crippen molar-refractivity contribution in [2.24, 2.45) is 10.2 Å². The van der Waals surface area contributed by atoms with Crippen molar-refractivity contribution in [3.8, 4) is 5.88 Å². The molecule has 10 heteroatoms. The SMILES string of the molecule is CC(C)(C)c1ccc(S(=O)(=O)N(CC(=O)N=Nc2c(O)[nH]c3ccccc23)c2ccc(Cl)cc2)cc1. The number of benzene rings is 3. The molecule has 0 saturated heterocycles. The molecule has 1 aromatic heterocycles. The van der Waals surface area contributed by atoms with Gasteiger partial charge in [0.15, 0.2) is 5.69 Å². The number of anilines is 1. The van der Waals surface area contributed by atoms with E-state index in [4.69, 9.17) is 11.6 Å². The molecular weight excluding hydrogens is 500 g/mol. The smallest absolute Gasteiger partial charge is 0.285 e. The third-order valence-corrected chi connectivity index (χ3v) is 7.66. The maximum absolute atomic E-state index is 13.6. The molecule has 2 N–H and O–H groups in total. The Morgan fingerprint density at radius 3 is 2.28 bits per heavy atom. The highest BCUT2D eigenvalue weighted by Gasteiger charge is 2.28. The number of nitrogens with zero attached hydrogens (tertiary/aromatic N) is 3. The molecule has 0 spiro atoms. The summed E-state index contributed by atoms with van der Waals surface area (Å²) in [7, 11) is -4.13. The number of azo groups is 1. The summed E-state index contributed by atoms with van der Waals surface area (Å²) in [5, 5.41) is 18.7. The van der Waals surface area contributed by atoms with Gasteiger partial charge >= 0.3 is 0 Å². The fourth-order valence-electron chi connectivity index (χ4n) is 3.65. The van der Waals surface area contributed by atoms with Gasteiger partial charge in [-0.1, -0.05) is 62.7 Å². The zero-order chi connectivity index (χ0) is 26.1. The number of carbonyl (C=O) groups excluding carboxylic acids is 1. The van der Waals surface area contributed by atoms with Crippen molar-refractivity contribution in [2.45, 2.75) is 31.1 Å². The van der Waals surface area contributed by atoms with Crippen LogP contribution in [0.25, 0.3) is 10.9 Å². The number of sulfonamides is 1. The van der Waals surface area contributed by atoms with Crippen molar-refractivity contribution >= 4 is 49.8 Å². The zero-order valence-electron chi connectivity index (χ0n) is 19.9. The number of fused-ring (bicyclic) bond motifs is 1. The van der Waals surface area contributed by atoms with E-state index in [-0.39, 0.29) is 27.6 Å². The van der Waals surface area contributed by atoms with Gasteiger partial charge in [-0.3, -0.25) is 9.10 Å². The molecule has 0 fully saturated rings. The molecule has 0 aliphatic rings. The standard InChI is InChI=1S/C26H25ClN4O4S/c1-26(2,3)17-8-14-20(15-9-17)36(34,35)31(19-12-10-18(27)11-13-19)16-23(32)29-30-24-21-6-4-5-7-22(21)28-25(24)33/h4-15,28,33H,16H2,1-3H3. The molecule has 8 nitrogen and oxygen atoms in total. The summed E-state index contributed by atoms with van der Waals surface area (Å²) in [5.74, 6) is -1.06.